The topological polar surface area (TPSA) is 77.9 Å². The van der Waals surface area contributed by atoms with Crippen LogP contribution in [0.5, 0.6) is 0 Å². The zero-order chi connectivity index (χ0) is 18.0. The highest BCUT2D eigenvalue weighted by molar-refractivity contribution is 5.29. The van der Waals surface area contributed by atoms with Crippen LogP contribution in [0.1, 0.15) is 24.1 Å². The molecule has 1 N–H and O–H groups in total. The summed E-state index contributed by atoms with van der Waals surface area (Å²) in [5, 5.41) is 27.4. The van der Waals surface area contributed by atoms with E-state index in [9.17, 15) is 19.1 Å². The molecule has 130 valence electrons. The van der Waals surface area contributed by atoms with Gasteiger partial charge in [0.2, 0.25) is 0 Å². The average Bonchev–Trinajstić information content (AvgIpc) is 3.07. The number of hydrogen-bond acceptors (Lipinski definition) is 4. The third-order valence-electron chi connectivity index (χ3n) is 4.28. The molecule has 0 fully saturated rings. The molecule has 3 rings (SSSR count). The first-order valence-corrected chi connectivity index (χ1v) is 7.60. The van der Waals surface area contributed by atoms with Gasteiger partial charge in [-0.25, -0.2) is 18.4 Å². The Hall–Kier alpha value is -2.87. The molecule has 0 saturated heterocycles. The molecule has 2 atom stereocenters. The molecule has 2 unspecified atom stereocenters. The smallest absolute Gasteiger partial charge is 0.198 e. The molecule has 0 bridgehead atoms. The number of aromatic nitrogens is 4. The molecular weight excluding hydrogens is 330 g/mol. The van der Waals surface area contributed by atoms with Crippen molar-refractivity contribution in [2.75, 3.05) is 0 Å². The number of benzene rings is 1. The van der Waals surface area contributed by atoms with Crippen molar-refractivity contribution < 1.29 is 18.6 Å². The van der Waals surface area contributed by atoms with Crippen molar-refractivity contribution in [1.29, 1.82) is 0 Å². The van der Waals surface area contributed by atoms with E-state index in [-0.39, 0.29) is 17.8 Å². The second kappa shape index (κ2) is 6.56. The van der Waals surface area contributed by atoms with E-state index in [0.29, 0.717) is 10.8 Å². The van der Waals surface area contributed by atoms with Crippen LogP contribution in [0.25, 0.3) is 0 Å². The van der Waals surface area contributed by atoms with Crippen molar-refractivity contribution in [3.05, 3.63) is 83.3 Å². The van der Waals surface area contributed by atoms with E-state index in [1.54, 1.807) is 25.1 Å². The van der Waals surface area contributed by atoms with Gasteiger partial charge in [0.1, 0.15) is 29.9 Å². The highest BCUT2D eigenvalue weighted by atomic mass is 19.1. The van der Waals surface area contributed by atoms with Gasteiger partial charge in [-0.05, 0) is 19.1 Å². The Bertz CT molecular complexity index is 873. The molecule has 0 spiro atoms. The van der Waals surface area contributed by atoms with Crippen LogP contribution in [0, 0.1) is 16.8 Å². The van der Waals surface area contributed by atoms with Crippen molar-refractivity contribution in [1.82, 2.24) is 14.8 Å². The number of aliphatic hydroxyl groups is 1. The summed E-state index contributed by atoms with van der Waals surface area (Å²) >= 11 is 0. The van der Waals surface area contributed by atoms with Crippen molar-refractivity contribution >= 4 is 0 Å². The maximum absolute atomic E-state index is 14.4. The number of nitrogens with zero attached hydrogens (tertiary/aromatic N) is 4. The lowest BCUT2D eigenvalue weighted by atomic mass is 9.79. The number of hydrogen-bond donors (Lipinski definition) is 1. The van der Waals surface area contributed by atoms with Crippen LogP contribution in [0.3, 0.4) is 0 Å². The lowest BCUT2D eigenvalue weighted by Gasteiger charge is -2.33. The quantitative estimate of drug-likeness (QED) is 0.565. The second-order valence-electron chi connectivity index (χ2n) is 5.81. The van der Waals surface area contributed by atoms with Crippen LogP contribution in [-0.2, 0) is 12.1 Å². The van der Waals surface area contributed by atoms with Crippen molar-refractivity contribution in [3.8, 4) is 0 Å². The molecule has 0 radical (unpaired) electrons. The maximum atomic E-state index is 14.4. The first kappa shape index (κ1) is 17.0. The minimum atomic E-state index is -1.85. The van der Waals surface area contributed by atoms with Crippen LogP contribution < -0.4 is 4.73 Å². The van der Waals surface area contributed by atoms with Crippen LogP contribution in [0.2, 0.25) is 0 Å². The van der Waals surface area contributed by atoms with Crippen LogP contribution >= 0.6 is 0 Å². The molecular formula is C17H16F2N4O2. The fourth-order valence-corrected chi connectivity index (χ4v) is 2.88. The van der Waals surface area contributed by atoms with Gasteiger partial charge >= 0.3 is 0 Å². The van der Waals surface area contributed by atoms with Crippen molar-refractivity contribution in [3.63, 3.8) is 0 Å². The highest BCUT2D eigenvalue weighted by Crippen LogP contribution is 2.38. The monoisotopic (exact) mass is 346 g/mol. The molecule has 2 heterocycles. The molecule has 2 aromatic heterocycles. The summed E-state index contributed by atoms with van der Waals surface area (Å²) in [5.41, 5.74) is -1.73. The van der Waals surface area contributed by atoms with Gasteiger partial charge in [0.05, 0.1) is 12.5 Å². The van der Waals surface area contributed by atoms with E-state index in [2.05, 4.69) is 10.1 Å². The fraction of sp³-hybridized carbons (Fsp3) is 0.235. The van der Waals surface area contributed by atoms with E-state index < -0.39 is 23.2 Å². The molecule has 0 aliphatic rings. The van der Waals surface area contributed by atoms with E-state index in [1.807, 2.05) is 0 Å². The lowest BCUT2D eigenvalue weighted by molar-refractivity contribution is -0.616. The van der Waals surface area contributed by atoms with Crippen molar-refractivity contribution in [2.45, 2.75) is 25.0 Å². The number of rotatable bonds is 5. The minimum absolute atomic E-state index is 0.124. The summed E-state index contributed by atoms with van der Waals surface area (Å²) in [4.78, 5) is 3.81. The summed E-state index contributed by atoms with van der Waals surface area (Å²) in [5.74, 6) is -2.46. The molecule has 25 heavy (non-hydrogen) atoms. The normalized spacial score (nSPS) is 14.9. The van der Waals surface area contributed by atoms with E-state index in [0.717, 1.165) is 6.07 Å². The Morgan fingerprint density at radius 1 is 1.32 bits per heavy atom. The van der Waals surface area contributed by atoms with Gasteiger partial charge in [-0.1, -0.05) is 6.07 Å². The Balaban J connectivity index is 2.13. The summed E-state index contributed by atoms with van der Waals surface area (Å²) in [6, 6.07) is 7.69. The SMILES string of the molecule is CC(c1cccc[n+]1[O-])C(O)(Cn1cncn1)c1ccc(F)cc1F. The summed E-state index contributed by atoms with van der Waals surface area (Å²) in [6.45, 7) is 1.44. The van der Waals surface area contributed by atoms with Gasteiger partial charge in [-0.2, -0.15) is 9.83 Å². The molecule has 8 heteroatoms. The summed E-state index contributed by atoms with van der Waals surface area (Å²) < 4.78 is 29.7. The Labute approximate surface area is 142 Å². The third kappa shape index (κ3) is 3.20. The average molecular weight is 346 g/mol. The van der Waals surface area contributed by atoms with Gasteiger partial charge in [-0.15, -0.1) is 0 Å². The third-order valence-corrected chi connectivity index (χ3v) is 4.28. The zero-order valence-electron chi connectivity index (χ0n) is 13.4. The molecule has 0 saturated carbocycles. The standard InChI is InChI=1S/C17H16F2N4O2/c1-12(16-4-2-3-7-23(16)25)17(24,9-22-11-20-10-21-22)14-6-5-13(18)8-15(14)19/h2-8,10-12,24H,9H2,1H3. The predicted molar refractivity (Wildman–Crippen MR) is 84.1 cm³/mol. The minimum Gasteiger partial charge on any atom is -0.618 e. The van der Waals surface area contributed by atoms with E-state index in [4.69, 9.17) is 0 Å². The van der Waals surface area contributed by atoms with Crippen LogP contribution in [0.4, 0.5) is 8.78 Å². The van der Waals surface area contributed by atoms with Gasteiger partial charge in [0.15, 0.2) is 11.9 Å². The van der Waals surface area contributed by atoms with Gasteiger partial charge in [0, 0.05) is 23.8 Å². The highest BCUT2D eigenvalue weighted by Gasteiger charge is 2.43. The Kier molecular flexibility index (Phi) is 4.45. The van der Waals surface area contributed by atoms with Crippen molar-refractivity contribution in [2.24, 2.45) is 0 Å². The van der Waals surface area contributed by atoms with Crippen LogP contribution in [0.15, 0.2) is 55.2 Å². The molecule has 0 aliphatic heterocycles. The predicted octanol–water partition coefficient (Wildman–Crippen LogP) is 1.88. The van der Waals surface area contributed by atoms with Gasteiger partial charge < -0.3 is 10.3 Å². The first-order chi connectivity index (χ1) is 11.9. The van der Waals surface area contributed by atoms with Crippen LogP contribution in [-0.4, -0.2) is 19.9 Å². The zero-order valence-corrected chi connectivity index (χ0v) is 13.4. The summed E-state index contributed by atoms with van der Waals surface area (Å²) in [7, 11) is 0. The summed E-state index contributed by atoms with van der Waals surface area (Å²) in [6.07, 6.45) is 3.94. The molecule has 0 aliphatic carbocycles. The van der Waals surface area contributed by atoms with Gasteiger partial charge in [-0.3, -0.25) is 0 Å². The molecule has 6 nitrogen and oxygen atoms in total. The van der Waals surface area contributed by atoms with Gasteiger partial charge in [0.25, 0.3) is 0 Å². The lowest BCUT2D eigenvalue weighted by Crippen LogP contribution is -2.43. The largest absolute Gasteiger partial charge is 0.618 e. The van der Waals surface area contributed by atoms with E-state index in [1.165, 1.54) is 29.6 Å². The Morgan fingerprint density at radius 3 is 2.76 bits per heavy atom. The Morgan fingerprint density at radius 2 is 2.12 bits per heavy atom. The molecule has 1 aromatic carbocycles. The number of pyridine rings is 1. The molecule has 0 amide bonds. The second-order valence-corrected chi connectivity index (χ2v) is 5.81. The molecule has 3 aromatic rings. The maximum Gasteiger partial charge on any atom is 0.198 e. The first-order valence-electron chi connectivity index (χ1n) is 7.60. The number of halogens is 2. The fourth-order valence-electron chi connectivity index (χ4n) is 2.88. The van der Waals surface area contributed by atoms with E-state index >= 15 is 0 Å².